The Bertz CT molecular complexity index is 720. The van der Waals surface area contributed by atoms with Crippen molar-refractivity contribution in [2.24, 2.45) is 11.8 Å². The molecule has 1 aromatic rings. The number of hydrogen-bond donors (Lipinski definition) is 1. The zero-order chi connectivity index (χ0) is 20.7. The molecule has 1 amide bonds. The largest absolute Gasteiger partial charge is 0.573 e. The van der Waals surface area contributed by atoms with Gasteiger partial charge in [-0.1, -0.05) is 0 Å². The molecule has 1 saturated heterocycles. The summed E-state index contributed by atoms with van der Waals surface area (Å²) in [6.07, 6.45) is -9.24. The van der Waals surface area contributed by atoms with Crippen molar-refractivity contribution in [2.75, 3.05) is 24.7 Å². The lowest BCUT2D eigenvalue weighted by Gasteiger charge is -2.26. The summed E-state index contributed by atoms with van der Waals surface area (Å²) < 4.78 is 81.4. The quantitative estimate of drug-likeness (QED) is 0.753. The Hall–Kier alpha value is -2.01. The molecule has 0 spiro atoms. The van der Waals surface area contributed by atoms with Crippen LogP contribution in [0.5, 0.6) is 5.75 Å². The van der Waals surface area contributed by atoms with Crippen LogP contribution in [-0.4, -0.2) is 48.9 Å². The summed E-state index contributed by atoms with van der Waals surface area (Å²) in [7, 11) is 0. The molecule has 5 nitrogen and oxygen atoms in total. The number of aliphatic hydroxyl groups is 1. The van der Waals surface area contributed by atoms with Gasteiger partial charge in [0.1, 0.15) is 12.4 Å². The van der Waals surface area contributed by atoms with Gasteiger partial charge in [-0.15, -0.1) is 13.2 Å². The molecule has 11 heteroatoms. The number of halogens is 6. The third-order valence-electron chi connectivity index (χ3n) is 4.83. The van der Waals surface area contributed by atoms with Crippen LogP contribution in [-0.2, 0) is 9.53 Å². The van der Waals surface area contributed by atoms with Gasteiger partial charge in [0, 0.05) is 18.2 Å². The van der Waals surface area contributed by atoms with Gasteiger partial charge in [0.25, 0.3) is 0 Å². The van der Waals surface area contributed by atoms with E-state index in [1.807, 2.05) is 0 Å². The van der Waals surface area contributed by atoms with E-state index in [9.17, 15) is 36.2 Å². The standard InChI is InChI=1S/C17H17F6NO4/c18-16(19,20)9-27-8-15(26)5-10-7-24(14(25)13(10)6-15)11-1-3-12(4-2-11)28-17(21,22)23/h1-4,10,13,26H,5-9H2/t10-,13-,15-/m0/s1. The average molecular weight is 413 g/mol. The molecule has 0 aromatic heterocycles. The van der Waals surface area contributed by atoms with Crippen molar-refractivity contribution in [3.05, 3.63) is 24.3 Å². The molecule has 1 aromatic carbocycles. The molecule has 0 bridgehead atoms. The normalized spacial score (nSPS) is 28.0. The van der Waals surface area contributed by atoms with Crippen LogP contribution in [0.4, 0.5) is 32.0 Å². The minimum absolute atomic E-state index is 0.0277. The van der Waals surface area contributed by atoms with Gasteiger partial charge in [-0.3, -0.25) is 4.79 Å². The lowest BCUT2D eigenvalue weighted by Crippen LogP contribution is -2.37. The van der Waals surface area contributed by atoms with Crippen LogP contribution in [0.25, 0.3) is 0 Å². The van der Waals surface area contributed by atoms with E-state index in [2.05, 4.69) is 9.47 Å². The summed E-state index contributed by atoms with van der Waals surface area (Å²) in [6.45, 7) is -1.78. The Morgan fingerprint density at radius 3 is 2.29 bits per heavy atom. The van der Waals surface area contributed by atoms with Crippen LogP contribution >= 0.6 is 0 Å². The predicted molar refractivity (Wildman–Crippen MR) is 83.5 cm³/mol. The molecule has 1 saturated carbocycles. The molecule has 156 valence electrons. The van der Waals surface area contributed by atoms with Gasteiger partial charge in [-0.25, -0.2) is 0 Å². The van der Waals surface area contributed by atoms with Gasteiger partial charge < -0.3 is 19.5 Å². The molecule has 1 aliphatic heterocycles. The Balaban J connectivity index is 1.60. The minimum Gasteiger partial charge on any atom is -0.406 e. The van der Waals surface area contributed by atoms with Gasteiger partial charge in [-0.2, -0.15) is 13.2 Å². The molecule has 2 aliphatic rings. The third-order valence-corrected chi connectivity index (χ3v) is 4.83. The first-order chi connectivity index (χ1) is 12.9. The minimum atomic E-state index is -4.82. The number of anilines is 1. The summed E-state index contributed by atoms with van der Waals surface area (Å²) in [6, 6.07) is 4.81. The van der Waals surface area contributed by atoms with Crippen LogP contribution < -0.4 is 9.64 Å². The Kier molecular flexibility index (Phi) is 5.26. The van der Waals surface area contributed by atoms with Crippen molar-refractivity contribution >= 4 is 11.6 Å². The van der Waals surface area contributed by atoms with E-state index < -0.39 is 43.0 Å². The molecule has 1 heterocycles. The van der Waals surface area contributed by atoms with Gasteiger partial charge in [-0.05, 0) is 43.0 Å². The van der Waals surface area contributed by atoms with E-state index in [4.69, 9.17) is 0 Å². The molecule has 0 radical (unpaired) electrons. The summed E-state index contributed by atoms with van der Waals surface area (Å²) in [4.78, 5) is 14.0. The molecule has 0 unspecified atom stereocenters. The number of rotatable bonds is 5. The summed E-state index contributed by atoms with van der Waals surface area (Å²) >= 11 is 0. The number of alkyl halides is 6. The summed E-state index contributed by atoms with van der Waals surface area (Å²) in [5, 5.41) is 10.4. The number of nitrogens with zero attached hydrogens (tertiary/aromatic N) is 1. The van der Waals surface area contributed by atoms with Crippen molar-refractivity contribution in [3.63, 3.8) is 0 Å². The number of hydrogen-bond acceptors (Lipinski definition) is 4. The molecular formula is C17H17F6NO4. The molecule has 3 rings (SSSR count). The van der Waals surface area contributed by atoms with Crippen molar-refractivity contribution in [1.29, 1.82) is 0 Å². The highest BCUT2D eigenvalue weighted by atomic mass is 19.4. The van der Waals surface area contributed by atoms with Crippen molar-refractivity contribution in [2.45, 2.75) is 31.0 Å². The van der Waals surface area contributed by atoms with Crippen molar-refractivity contribution in [1.82, 2.24) is 0 Å². The fraction of sp³-hybridized carbons (Fsp3) is 0.588. The molecule has 3 atom stereocenters. The van der Waals surface area contributed by atoms with Gasteiger partial charge >= 0.3 is 12.5 Å². The van der Waals surface area contributed by atoms with Crippen LogP contribution in [0.2, 0.25) is 0 Å². The van der Waals surface area contributed by atoms with E-state index in [0.29, 0.717) is 5.69 Å². The maximum atomic E-state index is 12.6. The number of amides is 1. The summed E-state index contributed by atoms with van der Waals surface area (Å²) in [5.74, 6) is -1.61. The molecule has 2 fully saturated rings. The second-order valence-corrected chi connectivity index (χ2v) is 7.10. The molecular weight excluding hydrogens is 396 g/mol. The number of carbonyl (C=O) groups excluding carboxylic acids is 1. The van der Waals surface area contributed by atoms with Crippen molar-refractivity contribution < 1.29 is 45.7 Å². The Morgan fingerprint density at radius 2 is 1.75 bits per heavy atom. The molecule has 28 heavy (non-hydrogen) atoms. The zero-order valence-corrected chi connectivity index (χ0v) is 14.4. The fourth-order valence-electron chi connectivity index (χ4n) is 3.83. The molecule has 1 aliphatic carbocycles. The fourth-order valence-corrected chi connectivity index (χ4v) is 3.83. The van der Waals surface area contributed by atoms with E-state index in [0.717, 1.165) is 12.1 Å². The third kappa shape index (κ3) is 4.88. The SMILES string of the molecule is O=C1[C@H]2C[C@](O)(COCC(F)(F)F)C[C@H]2CN1c1ccc(OC(F)(F)F)cc1. The smallest absolute Gasteiger partial charge is 0.406 e. The number of fused-ring (bicyclic) bond motifs is 1. The maximum Gasteiger partial charge on any atom is 0.573 e. The van der Waals surface area contributed by atoms with Gasteiger partial charge in [0.15, 0.2) is 0 Å². The Morgan fingerprint density at radius 1 is 1.11 bits per heavy atom. The van der Waals surface area contributed by atoms with Gasteiger partial charge in [0.05, 0.1) is 12.2 Å². The zero-order valence-electron chi connectivity index (χ0n) is 14.4. The average Bonchev–Trinajstić information content (AvgIpc) is 3.00. The topological polar surface area (TPSA) is 59.0 Å². The van der Waals surface area contributed by atoms with Crippen LogP contribution in [0.15, 0.2) is 24.3 Å². The summed E-state index contributed by atoms with van der Waals surface area (Å²) in [5.41, 5.74) is -1.13. The highest BCUT2D eigenvalue weighted by Crippen LogP contribution is 2.46. The number of ether oxygens (including phenoxy) is 2. The lowest BCUT2D eigenvalue weighted by molar-refractivity contribution is -0.274. The highest BCUT2D eigenvalue weighted by molar-refractivity contribution is 5.98. The predicted octanol–water partition coefficient (Wildman–Crippen LogP) is 3.27. The highest BCUT2D eigenvalue weighted by Gasteiger charge is 2.53. The van der Waals surface area contributed by atoms with Crippen LogP contribution in [0.3, 0.4) is 0 Å². The Labute approximate surface area is 155 Å². The number of carbonyl (C=O) groups is 1. The monoisotopic (exact) mass is 413 g/mol. The first kappa shape index (κ1) is 20.7. The maximum absolute atomic E-state index is 12.6. The van der Waals surface area contributed by atoms with E-state index >= 15 is 0 Å². The first-order valence-corrected chi connectivity index (χ1v) is 8.39. The molecule has 1 N–H and O–H groups in total. The second kappa shape index (κ2) is 7.11. The van der Waals surface area contributed by atoms with E-state index in [-0.39, 0.29) is 31.2 Å². The first-order valence-electron chi connectivity index (χ1n) is 8.39. The van der Waals surface area contributed by atoms with E-state index in [1.54, 1.807) is 0 Å². The lowest BCUT2D eigenvalue weighted by atomic mass is 10.0. The second-order valence-electron chi connectivity index (χ2n) is 7.10. The van der Waals surface area contributed by atoms with E-state index in [1.165, 1.54) is 17.0 Å². The number of benzene rings is 1. The van der Waals surface area contributed by atoms with Gasteiger partial charge in [0.2, 0.25) is 5.91 Å². The van der Waals surface area contributed by atoms with Crippen LogP contribution in [0.1, 0.15) is 12.8 Å². The van der Waals surface area contributed by atoms with Crippen LogP contribution in [0, 0.1) is 11.8 Å². The van der Waals surface area contributed by atoms with Crippen molar-refractivity contribution in [3.8, 4) is 5.75 Å².